The molecule has 0 saturated heterocycles. The van der Waals surface area contributed by atoms with Crippen molar-refractivity contribution in [3.8, 4) is 22.6 Å². The van der Waals surface area contributed by atoms with Crippen LogP contribution in [0.3, 0.4) is 0 Å². The van der Waals surface area contributed by atoms with E-state index in [0.29, 0.717) is 22.6 Å². The van der Waals surface area contributed by atoms with Crippen LogP contribution < -0.4 is 11.3 Å². The molecule has 0 aliphatic carbocycles. The number of pyridine rings is 1. The largest absolute Gasteiger partial charge is 0.463 e. The Morgan fingerprint density at radius 2 is 2.00 bits per heavy atom. The van der Waals surface area contributed by atoms with Gasteiger partial charge in [-0.3, -0.25) is 4.79 Å². The van der Waals surface area contributed by atoms with Gasteiger partial charge in [-0.1, -0.05) is 0 Å². The van der Waals surface area contributed by atoms with E-state index in [0.717, 1.165) is 18.2 Å². The summed E-state index contributed by atoms with van der Waals surface area (Å²) in [5.74, 6) is -0.590. The van der Waals surface area contributed by atoms with Gasteiger partial charge >= 0.3 is 0 Å². The molecule has 140 valence electrons. The molecule has 0 aliphatic heterocycles. The summed E-state index contributed by atoms with van der Waals surface area (Å²) in [6, 6.07) is 9.60. The molecule has 0 bridgehead atoms. The van der Waals surface area contributed by atoms with Crippen LogP contribution in [0.25, 0.3) is 22.6 Å². The number of nitrogens with two attached hydrogens (primary N) is 1. The standard InChI is InChI=1S/C20H14F2N4O2/c21-14-3-4-16(22)13(8-14)11-26-6-5-12(9-18(26)27)15-10-24-20(23)25-19(15)17-2-1-7-28-17/h1-10H,11H2,(H2,23,24,25). The molecule has 4 rings (SSSR count). The number of hydrogen-bond acceptors (Lipinski definition) is 5. The van der Waals surface area contributed by atoms with Gasteiger partial charge in [0.1, 0.15) is 17.3 Å². The highest BCUT2D eigenvalue weighted by Crippen LogP contribution is 2.30. The van der Waals surface area contributed by atoms with Crippen molar-refractivity contribution < 1.29 is 13.2 Å². The Morgan fingerprint density at radius 3 is 2.75 bits per heavy atom. The van der Waals surface area contributed by atoms with E-state index >= 15 is 0 Å². The van der Waals surface area contributed by atoms with Crippen LogP contribution in [0.15, 0.2) is 70.3 Å². The van der Waals surface area contributed by atoms with Crippen molar-refractivity contribution in [2.45, 2.75) is 6.54 Å². The van der Waals surface area contributed by atoms with Crippen LogP contribution in [-0.2, 0) is 6.54 Å². The van der Waals surface area contributed by atoms with E-state index in [1.54, 1.807) is 18.2 Å². The maximum Gasteiger partial charge on any atom is 0.251 e. The van der Waals surface area contributed by atoms with Crippen molar-refractivity contribution in [2.24, 2.45) is 0 Å². The molecule has 4 aromatic rings. The highest BCUT2D eigenvalue weighted by atomic mass is 19.1. The van der Waals surface area contributed by atoms with Crippen molar-refractivity contribution in [3.63, 3.8) is 0 Å². The Labute approximate surface area is 157 Å². The Morgan fingerprint density at radius 1 is 1.14 bits per heavy atom. The lowest BCUT2D eigenvalue weighted by Gasteiger charge is -2.10. The smallest absolute Gasteiger partial charge is 0.251 e. The molecule has 0 spiro atoms. The van der Waals surface area contributed by atoms with E-state index in [2.05, 4.69) is 9.97 Å². The van der Waals surface area contributed by atoms with Gasteiger partial charge in [-0.15, -0.1) is 0 Å². The number of nitrogen functional groups attached to an aromatic ring is 1. The quantitative estimate of drug-likeness (QED) is 0.586. The fraction of sp³-hybridized carbons (Fsp3) is 0.0500. The predicted molar refractivity (Wildman–Crippen MR) is 99.3 cm³/mol. The van der Waals surface area contributed by atoms with Gasteiger partial charge < -0.3 is 14.7 Å². The zero-order chi connectivity index (χ0) is 19.7. The zero-order valence-corrected chi connectivity index (χ0v) is 14.5. The van der Waals surface area contributed by atoms with Gasteiger partial charge in [0.05, 0.1) is 12.8 Å². The number of anilines is 1. The Hall–Kier alpha value is -3.81. The fourth-order valence-electron chi connectivity index (χ4n) is 2.86. The van der Waals surface area contributed by atoms with Crippen molar-refractivity contribution in [2.75, 3.05) is 5.73 Å². The number of aromatic nitrogens is 3. The Bertz CT molecular complexity index is 1200. The summed E-state index contributed by atoms with van der Waals surface area (Å²) in [7, 11) is 0. The molecule has 28 heavy (non-hydrogen) atoms. The molecular weight excluding hydrogens is 366 g/mol. The maximum atomic E-state index is 13.9. The number of rotatable bonds is 4. The van der Waals surface area contributed by atoms with E-state index < -0.39 is 11.6 Å². The van der Waals surface area contributed by atoms with Gasteiger partial charge in [-0.05, 0) is 42.0 Å². The normalized spacial score (nSPS) is 10.9. The lowest BCUT2D eigenvalue weighted by atomic mass is 10.1. The molecule has 0 atom stereocenters. The van der Waals surface area contributed by atoms with Crippen LogP contribution in [0.2, 0.25) is 0 Å². The van der Waals surface area contributed by atoms with Crippen molar-refractivity contribution in [3.05, 3.63) is 88.7 Å². The first-order valence-corrected chi connectivity index (χ1v) is 8.32. The summed E-state index contributed by atoms with van der Waals surface area (Å²) in [6.45, 7) is -0.0913. The molecule has 2 N–H and O–H groups in total. The summed E-state index contributed by atoms with van der Waals surface area (Å²) in [4.78, 5) is 20.7. The monoisotopic (exact) mass is 380 g/mol. The van der Waals surface area contributed by atoms with Crippen LogP contribution >= 0.6 is 0 Å². The van der Waals surface area contributed by atoms with Crippen LogP contribution in [0.1, 0.15) is 5.56 Å². The molecule has 0 saturated carbocycles. The number of benzene rings is 1. The Balaban J connectivity index is 1.73. The van der Waals surface area contributed by atoms with E-state index in [4.69, 9.17) is 10.2 Å². The fourth-order valence-corrected chi connectivity index (χ4v) is 2.86. The van der Waals surface area contributed by atoms with Crippen LogP contribution in [-0.4, -0.2) is 14.5 Å². The topological polar surface area (TPSA) is 86.9 Å². The molecule has 0 radical (unpaired) electrons. The molecule has 3 aromatic heterocycles. The minimum Gasteiger partial charge on any atom is -0.463 e. The number of furan rings is 1. The minimum absolute atomic E-state index is 0.0741. The zero-order valence-electron chi connectivity index (χ0n) is 14.5. The lowest BCUT2D eigenvalue weighted by Crippen LogP contribution is -2.20. The van der Waals surface area contributed by atoms with Gasteiger partial charge in [-0.2, -0.15) is 0 Å². The summed E-state index contributed by atoms with van der Waals surface area (Å²) in [5.41, 5.74) is 6.94. The van der Waals surface area contributed by atoms with Gasteiger partial charge in [0.2, 0.25) is 5.95 Å². The number of halogens is 2. The summed E-state index contributed by atoms with van der Waals surface area (Å²) in [6.07, 6.45) is 4.51. The van der Waals surface area contributed by atoms with Crippen LogP contribution in [0.5, 0.6) is 0 Å². The first-order valence-electron chi connectivity index (χ1n) is 8.32. The average Bonchev–Trinajstić information content (AvgIpc) is 3.21. The van der Waals surface area contributed by atoms with Gasteiger partial charge in [0, 0.05) is 29.6 Å². The highest BCUT2D eigenvalue weighted by Gasteiger charge is 2.14. The Kier molecular flexibility index (Phi) is 4.44. The predicted octanol–water partition coefficient (Wildman–Crippen LogP) is 3.47. The minimum atomic E-state index is -0.579. The van der Waals surface area contributed by atoms with Gasteiger partial charge in [0.25, 0.3) is 5.56 Å². The summed E-state index contributed by atoms with van der Waals surface area (Å²) in [5, 5.41) is 0. The second-order valence-electron chi connectivity index (χ2n) is 6.09. The van der Waals surface area contributed by atoms with E-state index in [-0.39, 0.29) is 23.6 Å². The average molecular weight is 380 g/mol. The third-order valence-corrected chi connectivity index (χ3v) is 4.22. The van der Waals surface area contributed by atoms with E-state index in [9.17, 15) is 13.6 Å². The molecule has 6 nitrogen and oxygen atoms in total. The third kappa shape index (κ3) is 3.39. The number of hydrogen-bond donors (Lipinski definition) is 1. The highest BCUT2D eigenvalue weighted by molar-refractivity contribution is 5.78. The second kappa shape index (κ2) is 7.07. The van der Waals surface area contributed by atoms with E-state index in [1.807, 2.05) is 0 Å². The summed E-state index contributed by atoms with van der Waals surface area (Å²) < 4.78 is 33.9. The first kappa shape index (κ1) is 17.6. The second-order valence-corrected chi connectivity index (χ2v) is 6.09. The van der Waals surface area contributed by atoms with Crippen molar-refractivity contribution in [1.29, 1.82) is 0 Å². The van der Waals surface area contributed by atoms with Crippen LogP contribution in [0, 0.1) is 11.6 Å². The van der Waals surface area contributed by atoms with Crippen molar-refractivity contribution in [1.82, 2.24) is 14.5 Å². The summed E-state index contributed by atoms with van der Waals surface area (Å²) >= 11 is 0. The van der Waals surface area contributed by atoms with Gasteiger partial charge in [0.15, 0.2) is 5.76 Å². The first-order chi connectivity index (χ1) is 13.5. The molecule has 3 heterocycles. The van der Waals surface area contributed by atoms with Crippen LogP contribution in [0.4, 0.5) is 14.7 Å². The maximum absolute atomic E-state index is 13.9. The molecule has 0 fully saturated rings. The van der Waals surface area contributed by atoms with Gasteiger partial charge in [-0.25, -0.2) is 18.7 Å². The molecule has 8 heteroatoms. The third-order valence-electron chi connectivity index (χ3n) is 4.22. The lowest BCUT2D eigenvalue weighted by molar-refractivity contribution is 0.574. The molecule has 0 unspecified atom stereocenters. The van der Waals surface area contributed by atoms with Crippen molar-refractivity contribution >= 4 is 5.95 Å². The molecule has 0 amide bonds. The number of nitrogens with zero attached hydrogens (tertiary/aromatic N) is 3. The van der Waals surface area contributed by atoms with E-state index in [1.165, 1.54) is 29.3 Å². The SMILES string of the molecule is Nc1ncc(-c2ccn(Cc3cc(F)ccc3F)c(=O)c2)c(-c2ccco2)n1. The molecule has 0 aliphatic rings. The molecular formula is C20H14F2N4O2. The molecule has 1 aromatic carbocycles.